The van der Waals surface area contributed by atoms with Gasteiger partial charge in [-0.3, -0.25) is 0 Å². The van der Waals surface area contributed by atoms with Crippen molar-refractivity contribution >= 4 is 44.2 Å². The van der Waals surface area contributed by atoms with Crippen molar-refractivity contribution < 1.29 is 13.5 Å². The third-order valence-corrected chi connectivity index (χ3v) is 4.88. The molecule has 2 aromatic carbocycles. The van der Waals surface area contributed by atoms with E-state index in [9.17, 15) is 8.42 Å². The number of sulfone groups is 1. The highest BCUT2D eigenvalue weighted by molar-refractivity contribution is 7.91. The van der Waals surface area contributed by atoms with Crippen molar-refractivity contribution in [2.75, 3.05) is 28.7 Å². The van der Waals surface area contributed by atoms with E-state index < -0.39 is 16.4 Å². The lowest BCUT2D eigenvalue weighted by Crippen LogP contribution is -2.19. The van der Waals surface area contributed by atoms with Gasteiger partial charge in [0.25, 0.3) is 0 Å². The molecule has 2 rings (SSSR count). The quantitative estimate of drug-likeness (QED) is 0.481. The minimum atomic E-state index is -3.50. The summed E-state index contributed by atoms with van der Waals surface area (Å²) in [5, 5.41) is 15.1. The Morgan fingerprint density at radius 2 is 1.74 bits per heavy atom. The SMILES string of the molecule is Nc1ccc(NC(=S)Nc2cccc(S(=O)(=O)CCO)c2)cc1. The van der Waals surface area contributed by atoms with Gasteiger partial charge >= 0.3 is 0 Å². The van der Waals surface area contributed by atoms with E-state index in [0.717, 1.165) is 5.69 Å². The summed E-state index contributed by atoms with van der Waals surface area (Å²) in [6.45, 7) is -0.420. The van der Waals surface area contributed by atoms with Crippen molar-refractivity contribution in [3.8, 4) is 0 Å². The summed E-state index contributed by atoms with van der Waals surface area (Å²) < 4.78 is 23.9. The number of hydrogen-bond acceptors (Lipinski definition) is 5. The normalized spacial score (nSPS) is 11.0. The van der Waals surface area contributed by atoms with Crippen LogP contribution in [0.2, 0.25) is 0 Å². The lowest BCUT2D eigenvalue weighted by Gasteiger charge is -2.12. The van der Waals surface area contributed by atoms with Crippen molar-refractivity contribution in [1.29, 1.82) is 0 Å². The van der Waals surface area contributed by atoms with Gasteiger partial charge < -0.3 is 21.5 Å². The predicted molar refractivity (Wildman–Crippen MR) is 96.3 cm³/mol. The second-order valence-electron chi connectivity index (χ2n) is 4.77. The van der Waals surface area contributed by atoms with E-state index in [1.165, 1.54) is 12.1 Å². The molecule has 5 N–H and O–H groups in total. The molecule has 0 bridgehead atoms. The fraction of sp³-hybridized carbons (Fsp3) is 0.133. The molecule has 0 aliphatic carbocycles. The first-order chi connectivity index (χ1) is 10.9. The number of nitrogens with two attached hydrogens (primary N) is 1. The standard InChI is InChI=1S/C15H17N3O3S2/c16-11-4-6-12(7-5-11)17-15(22)18-13-2-1-3-14(10-13)23(20,21)9-8-19/h1-7,10,19H,8-9,16H2,(H2,17,18,22). The molecule has 6 nitrogen and oxygen atoms in total. The fourth-order valence-electron chi connectivity index (χ4n) is 1.87. The van der Waals surface area contributed by atoms with Gasteiger partial charge in [-0.25, -0.2) is 8.42 Å². The maximum absolute atomic E-state index is 11.9. The number of benzene rings is 2. The Morgan fingerprint density at radius 3 is 2.39 bits per heavy atom. The van der Waals surface area contributed by atoms with Gasteiger partial charge in [-0.05, 0) is 54.7 Å². The zero-order chi connectivity index (χ0) is 16.9. The van der Waals surface area contributed by atoms with Gasteiger partial charge in [-0.1, -0.05) is 6.07 Å². The molecule has 0 aliphatic heterocycles. The van der Waals surface area contributed by atoms with Crippen molar-refractivity contribution in [2.45, 2.75) is 4.90 Å². The van der Waals surface area contributed by atoms with Gasteiger partial charge in [-0.15, -0.1) is 0 Å². The molecular formula is C15H17N3O3S2. The molecule has 0 amide bonds. The van der Waals surface area contributed by atoms with Gasteiger partial charge in [0.2, 0.25) is 0 Å². The molecule has 0 aromatic heterocycles. The summed E-state index contributed by atoms with van der Waals surface area (Å²) in [5.41, 5.74) is 7.56. The highest BCUT2D eigenvalue weighted by Gasteiger charge is 2.14. The second kappa shape index (κ2) is 7.40. The smallest absolute Gasteiger partial charge is 0.180 e. The molecule has 0 radical (unpaired) electrons. The summed E-state index contributed by atoms with van der Waals surface area (Å²) >= 11 is 5.20. The van der Waals surface area contributed by atoms with Gasteiger partial charge in [0.05, 0.1) is 17.3 Å². The largest absolute Gasteiger partial charge is 0.399 e. The molecule has 0 unspecified atom stereocenters. The van der Waals surface area contributed by atoms with Crippen LogP contribution in [0.4, 0.5) is 17.1 Å². The topological polar surface area (TPSA) is 104 Å². The first-order valence-electron chi connectivity index (χ1n) is 6.78. The van der Waals surface area contributed by atoms with Crippen molar-refractivity contribution in [2.24, 2.45) is 0 Å². The molecule has 2 aromatic rings. The van der Waals surface area contributed by atoms with Gasteiger partial charge in [0, 0.05) is 17.1 Å². The van der Waals surface area contributed by atoms with Crippen LogP contribution in [-0.4, -0.2) is 31.0 Å². The number of hydrogen-bond donors (Lipinski definition) is 4. The predicted octanol–water partition coefficient (Wildman–Crippen LogP) is 1.84. The molecule has 8 heteroatoms. The fourth-order valence-corrected chi connectivity index (χ4v) is 3.17. The molecule has 0 saturated carbocycles. The Hall–Kier alpha value is -2.16. The van der Waals surface area contributed by atoms with E-state index in [1.54, 1.807) is 36.4 Å². The zero-order valence-corrected chi connectivity index (χ0v) is 13.8. The molecule has 23 heavy (non-hydrogen) atoms. The van der Waals surface area contributed by atoms with Crippen LogP contribution in [0.15, 0.2) is 53.4 Å². The number of aliphatic hydroxyl groups excluding tert-OH is 1. The number of nitrogen functional groups attached to an aromatic ring is 1. The lowest BCUT2D eigenvalue weighted by molar-refractivity contribution is 0.319. The van der Waals surface area contributed by atoms with E-state index >= 15 is 0 Å². The van der Waals surface area contributed by atoms with E-state index in [1.807, 2.05) is 0 Å². The average Bonchev–Trinajstić information content (AvgIpc) is 2.50. The van der Waals surface area contributed by atoms with E-state index in [0.29, 0.717) is 16.5 Å². The van der Waals surface area contributed by atoms with Crippen LogP contribution in [0.5, 0.6) is 0 Å². The molecule has 0 aliphatic rings. The Balaban J connectivity index is 2.08. The Morgan fingerprint density at radius 1 is 1.09 bits per heavy atom. The van der Waals surface area contributed by atoms with Crippen molar-refractivity contribution in [1.82, 2.24) is 0 Å². The summed E-state index contributed by atoms with van der Waals surface area (Å²) in [5.74, 6) is -0.315. The first-order valence-corrected chi connectivity index (χ1v) is 8.84. The highest BCUT2D eigenvalue weighted by atomic mass is 32.2. The number of aliphatic hydroxyl groups is 1. The van der Waals surface area contributed by atoms with E-state index in [-0.39, 0.29) is 10.6 Å². The maximum Gasteiger partial charge on any atom is 0.180 e. The van der Waals surface area contributed by atoms with Gasteiger partial charge in [-0.2, -0.15) is 0 Å². The van der Waals surface area contributed by atoms with Crippen LogP contribution in [0.1, 0.15) is 0 Å². The number of rotatable bonds is 5. The van der Waals surface area contributed by atoms with E-state index in [2.05, 4.69) is 10.6 Å². The molecule has 0 spiro atoms. The van der Waals surface area contributed by atoms with Crippen LogP contribution < -0.4 is 16.4 Å². The monoisotopic (exact) mass is 351 g/mol. The molecule has 0 heterocycles. The first kappa shape index (κ1) is 17.2. The van der Waals surface area contributed by atoms with Crippen LogP contribution in [0.3, 0.4) is 0 Å². The number of thiocarbonyl (C=S) groups is 1. The zero-order valence-electron chi connectivity index (χ0n) is 12.2. The van der Waals surface area contributed by atoms with Gasteiger partial charge in [0.15, 0.2) is 14.9 Å². The Kier molecular flexibility index (Phi) is 5.54. The third kappa shape index (κ3) is 4.92. The third-order valence-electron chi connectivity index (χ3n) is 2.98. The molecular weight excluding hydrogens is 334 g/mol. The molecule has 0 atom stereocenters. The van der Waals surface area contributed by atoms with Crippen LogP contribution in [0.25, 0.3) is 0 Å². The average molecular weight is 351 g/mol. The number of anilines is 3. The second-order valence-corrected chi connectivity index (χ2v) is 7.29. The minimum absolute atomic E-state index is 0.131. The van der Waals surface area contributed by atoms with E-state index in [4.69, 9.17) is 23.1 Å². The minimum Gasteiger partial charge on any atom is -0.399 e. The lowest BCUT2D eigenvalue weighted by atomic mass is 10.3. The Bertz CT molecular complexity index is 790. The summed E-state index contributed by atoms with van der Waals surface area (Å²) in [6.07, 6.45) is 0. The molecule has 0 saturated heterocycles. The highest BCUT2D eigenvalue weighted by Crippen LogP contribution is 2.17. The van der Waals surface area contributed by atoms with Crippen LogP contribution >= 0.6 is 12.2 Å². The Labute approximate surface area is 140 Å². The molecule has 122 valence electrons. The van der Waals surface area contributed by atoms with Crippen molar-refractivity contribution in [3.05, 3.63) is 48.5 Å². The van der Waals surface area contributed by atoms with Gasteiger partial charge in [0.1, 0.15) is 0 Å². The maximum atomic E-state index is 11.9. The summed E-state index contributed by atoms with van der Waals surface area (Å²) in [4.78, 5) is 0.131. The van der Waals surface area contributed by atoms with Crippen LogP contribution in [0, 0.1) is 0 Å². The number of nitrogens with one attached hydrogen (secondary N) is 2. The summed E-state index contributed by atoms with van der Waals surface area (Å²) in [6, 6.07) is 13.3. The van der Waals surface area contributed by atoms with Crippen molar-refractivity contribution in [3.63, 3.8) is 0 Å². The molecule has 0 fully saturated rings. The summed E-state index contributed by atoms with van der Waals surface area (Å²) in [7, 11) is -3.50. The van der Waals surface area contributed by atoms with Crippen LogP contribution in [-0.2, 0) is 9.84 Å².